The first-order valence-corrected chi connectivity index (χ1v) is 29.1. The monoisotopic (exact) mass is 868 g/mol. The second-order valence-corrected chi connectivity index (χ2v) is 29.0. The molecular formula is C55H48O3Si4. The van der Waals surface area contributed by atoms with Crippen LogP contribution in [0.25, 0.3) is 0 Å². The fraction of sp³-hybridized carbons (Fsp3) is 0.0182. The first-order valence-electron chi connectivity index (χ1n) is 21.2. The van der Waals surface area contributed by atoms with Crippen LogP contribution in [0.15, 0.2) is 273 Å². The van der Waals surface area contributed by atoms with Gasteiger partial charge in [0.1, 0.15) is 0 Å². The molecule has 0 radical (unpaired) electrons. The third kappa shape index (κ3) is 7.87. The van der Waals surface area contributed by atoms with E-state index in [1.807, 2.05) is 0 Å². The molecule has 7 heteroatoms. The Morgan fingerprint density at radius 3 is 0.419 bits per heavy atom. The maximum Gasteiger partial charge on any atom is 0.468 e. The first kappa shape index (κ1) is 41.1. The van der Waals surface area contributed by atoms with Crippen molar-refractivity contribution in [2.75, 3.05) is 0 Å². The molecule has 0 aliphatic carbocycles. The third-order valence-corrected chi connectivity index (χ3v) is 30.1. The number of benzene rings is 9. The van der Waals surface area contributed by atoms with Crippen LogP contribution in [0.1, 0.15) is 0 Å². The lowest BCUT2D eigenvalue weighted by molar-refractivity contribution is 0.276. The van der Waals surface area contributed by atoms with Gasteiger partial charge in [-0.1, -0.05) is 273 Å². The van der Waals surface area contributed by atoms with Crippen LogP contribution in [0.3, 0.4) is 0 Å². The summed E-state index contributed by atoms with van der Waals surface area (Å²) >= 11 is 0. The fourth-order valence-electron chi connectivity index (χ4n) is 8.98. The largest absolute Gasteiger partial charge is 0.468 e. The molecule has 3 nitrogen and oxygen atoms in total. The van der Waals surface area contributed by atoms with E-state index in [-0.39, 0.29) is 0 Å². The molecule has 0 unspecified atom stereocenters. The van der Waals surface area contributed by atoms with Crippen molar-refractivity contribution in [3.8, 4) is 0 Å². The lowest BCUT2D eigenvalue weighted by Crippen LogP contribution is -2.82. The lowest BCUT2D eigenvalue weighted by Gasteiger charge is -2.48. The summed E-state index contributed by atoms with van der Waals surface area (Å²) in [6.45, 7) is 2.19. The smallest absolute Gasteiger partial charge is 0.404 e. The standard InChI is InChI=1S/C55H48O3Si4/c1-59(56-60(47-29-11-2-12-30-47,48-31-13-3-14-32-48)49-33-15-4-16-34-49,57-61(50-35-17-5-18-36-50,51-37-19-6-20-38-51)52-39-21-7-22-40-52)58-62(53-41-23-8-24-42-53,54-43-25-9-26-44-54)55-45-27-10-28-46-55/h2-46H,1H3. The normalized spacial score (nSPS) is 12.1. The molecule has 0 saturated heterocycles. The molecule has 0 heterocycles. The van der Waals surface area contributed by atoms with Gasteiger partial charge in [-0.2, -0.15) is 0 Å². The average Bonchev–Trinajstić information content (AvgIpc) is 3.37. The van der Waals surface area contributed by atoms with Crippen LogP contribution in [0, 0.1) is 0 Å². The highest BCUT2D eigenvalue weighted by atomic mass is 28.5. The predicted octanol–water partition coefficient (Wildman–Crippen LogP) is 6.61. The highest BCUT2D eigenvalue weighted by molar-refractivity contribution is 7.16. The second kappa shape index (κ2) is 18.4. The van der Waals surface area contributed by atoms with Crippen LogP contribution in [-0.2, 0) is 12.3 Å². The van der Waals surface area contributed by atoms with Gasteiger partial charge in [0.2, 0.25) is 0 Å². The van der Waals surface area contributed by atoms with E-state index < -0.39 is 33.8 Å². The predicted molar refractivity (Wildman–Crippen MR) is 267 cm³/mol. The zero-order valence-corrected chi connectivity index (χ0v) is 38.7. The summed E-state index contributed by atoms with van der Waals surface area (Å²) in [5.74, 6) is 0. The summed E-state index contributed by atoms with van der Waals surface area (Å²) in [6, 6.07) is 97.1. The molecule has 0 fully saturated rings. The SMILES string of the molecule is C[Si](O[Si](c1ccccc1)(c1ccccc1)c1ccccc1)(O[Si](c1ccccc1)(c1ccccc1)c1ccccc1)O[Si](c1ccccc1)(c1ccccc1)c1ccccc1. The highest BCUT2D eigenvalue weighted by Crippen LogP contribution is 2.28. The van der Waals surface area contributed by atoms with Crippen LogP contribution in [-0.4, -0.2) is 33.8 Å². The van der Waals surface area contributed by atoms with Gasteiger partial charge in [0.15, 0.2) is 0 Å². The summed E-state index contributed by atoms with van der Waals surface area (Å²) in [5, 5.41) is 10.0. The Bertz CT molecular complexity index is 2160. The maximum atomic E-state index is 8.53. The molecule has 0 bridgehead atoms. The minimum absolute atomic E-state index is 1.11. The molecule has 0 atom stereocenters. The molecule has 0 aliphatic heterocycles. The molecule has 0 N–H and O–H groups in total. The third-order valence-electron chi connectivity index (χ3n) is 11.6. The van der Waals surface area contributed by atoms with Crippen molar-refractivity contribution in [2.45, 2.75) is 6.55 Å². The van der Waals surface area contributed by atoms with E-state index in [4.69, 9.17) is 12.3 Å². The average molecular weight is 869 g/mol. The van der Waals surface area contributed by atoms with Gasteiger partial charge < -0.3 is 12.3 Å². The zero-order chi connectivity index (χ0) is 42.1. The van der Waals surface area contributed by atoms with Gasteiger partial charge in [-0.25, -0.2) is 0 Å². The van der Waals surface area contributed by atoms with Crippen molar-refractivity contribution in [3.63, 3.8) is 0 Å². The zero-order valence-electron chi connectivity index (χ0n) is 34.7. The van der Waals surface area contributed by atoms with Crippen molar-refractivity contribution in [1.82, 2.24) is 0 Å². The molecule has 9 aromatic rings. The van der Waals surface area contributed by atoms with E-state index in [0.29, 0.717) is 0 Å². The molecule has 9 aromatic carbocycles. The Morgan fingerprint density at radius 2 is 0.306 bits per heavy atom. The topological polar surface area (TPSA) is 27.7 Å². The van der Waals surface area contributed by atoms with E-state index in [9.17, 15) is 0 Å². The summed E-state index contributed by atoms with van der Waals surface area (Å²) in [4.78, 5) is 0. The van der Waals surface area contributed by atoms with Crippen LogP contribution in [0.2, 0.25) is 6.55 Å². The summed E-state index contributed by atoms with van der Waals surface area (Å²) < 4.78 is 25.6. The highest BCUT2D eigenvalue weighted by Gasteiger charge is 2.60. The van der Waals surface area contributed by atoms with Gasteiger partial charge >= 0.3 is 8.80 Å². The lowest BCUT2D eigenvalue weighted by atomic mass is 10.3. The molecular weight excluding hydrogens is 821 g/mol. The minimum Gasteiger partial charge on any atom is -0.404 e. The summed E-state index contributed by atoms with van der Waals surface area (Å²) in [6.07, 6.45) is 0. The number of rotatable bonds is 15. The number of hydrogen-bond acceptors (Lipinski definition) is 3. The van der Waals surface area contributed by atoms with Gasteiger partial charge in [-0.15, -0.1) is 0 Å². The van der Waals surface area contributed by atoms with Crippen LogP contribution < -0.4 is 46.7 Å². The maximum absolute atomic E-state index is 8.53. The quantitative estimate of drug-likeness (QED) is 0.0859. The van der Waals surface area contributed by atoms with Crippen LogP contribution in [0.5, 0.6) is 0 Å². The Labute approximate surface area is 370 Å². The van der Waals surface area contributed by atoms with Gasteiger partial charge in [-0.3, -0.25) is 0 Å². The van der Waals surface area contributed by atoms with Gasteiger partial charge in [0, 0.05) is 6.55 Å². The van der Waals surface area contributed by atoms with Gasteiger partial charge in [0.25, 0.3) is 25.0 Å². The first-order chi connectivity index (χ1) is 30.6. The van der Waals surface area contributed by atoms with E-state index >= 15 is 0 Å². The van der Waals surface area contributed by atoms with Crippen molar-refractivity contribution in [2.24, 2.45) is 0 Å². The molecule has 62 heavy (non-hydrogen) atoms. The second-order valence-electron chi connectivity index (χ2n) is 15.5. The van der Waals surface area contributed by atoms with Crippen molar-refractivity contribution in [3.05, 3.63) is 273 Å². The van der Waals surface area contributed by atoms with E-state index in [1.54, 1.807) is 0 Å². The fourth-order valence-corrected chi connectivity index (χ4v) is 30.5. The van der Waals surface area contributed by atoms with Gasteiger partial charge in [0.05, 0.1) is 0 Å². The van der Waals surface area contributed by atoms with Crippen LogP contribution >= 0.6 is 0 Å². The molecule has 302 valence electrons. The minimum atomic E-state index is -4.12. The Hall–Kier alpha value is -6.27. The van der Waals surface area contributed by atoms with Crippen molar-refractivity contribution >= 4 is 80.4 Å². The molecule has 0 spiro atoms. The Balaban J connectivity index is 1.42. The number of hydrogen-bond donors (Lipinski definition) is 0. The molecule has 0 aromatic heterocycles. The van der Waals surface area contributed by atoms with Crippen molar-refractivity contribution in [1.29, 1.82) is 0 Å². The molecule has 0 saturated carbocycles. The Kier molecular flexibility index (Phi) is 12.2. The van der Waals surface area contributed by atoms with E-state index in [2.05, 4.69) is 280 Å². The Morgan fingerprint density at radius 1 is 0.194 bits per heavy atom. The molecule has 0 aliphatic rings. The van der Waals surface area contributed by atoms with E-state index in [0.717, 1.165) is 46.7 Å². The summed E-state index contributed by atoms with van der Waals surface area (Å²) in [7, 11) is -14.6. The summed E-state index contributed by atoms with van der Waals surface area (Å²) in [5.41, 5.74) is 0. The molecule has 0 amide bonds. The van der Waals surface area contributed by atoms with E-state index in [1.165, 1.54) is 0 Å². The molecule has 9 rings (SSSR count). The van der Waals surface area contributed by atoms with Gasteiger partial charge in [-0.05, 0) is 46.7 Å². The van der Waals surface area contributed by atoms with Crippen molar-refractivity contribution < 1.29 is 12.3 Å². The van der Waals surface area contributed by atoms with Crippen LogP contribution in [0.4, 0.5) is 0 Å².